The molecule has 26 heteroatoms. The molecule has 0 fully saturated rings. The van der Waals surface area contributed by atoms with Crippen LogP contribution in [-0.4, -0.2) is 67.2 Å². The summed E-state index contributed by atoms with van der Waals surface area (Å²) in [5.41, 5.74) is -13.3. The van der Waals surface area contributed by atoms with Crippen LogP contribution in [0.3, 0.4) is 0 Å². The average Bonchev–Trinajstić information content (AvgIpc) is 2.82. The lowest BCUT2D eigenvalue weighted by Crippen LogP contribution is -2.53. The summed E-state index contributed by atoms with van der Waals surface area (Å²) in [6.07, 6.45) is -33.7. The molecule has 4 N–H and O–H groups in total. The molecule has 46 heavy (non-hydrogen) atoms. The van der Waals surface area contributed by atoms with Crippen LogP contribution in [-0.2, 0) is 18.6 Å². The van der Waals surface area contributed by atoms with Gasteiger partial charge in [0.25, 0.3) is 0 Å². The summed E-state index contributed by atoms with van der Waals surface area (Å²) in [4.78, 5) is 32.9. The van der Waals surface area contributed by atoms with Gasteiger partial charge in [-0.1, -0.05) is 39.5 Å². The molecule has 0 aromatic carbocycles. The molecule has 0 bridgehead atoms. The number of halogens is 16. The van der Waals surface area contributed by atoms with Gasteiger partial charge in [0.05, 0.1) is 0 Å². The van der Waals surface area contributed by atoms with Crippen LogP contribution in [0.15, 0.2) is 0 Å². The molecule has 0 aliphatic carbocycles. The van der Waals surface area contributed by atoms with Gasteiger partial charge in [-0.15, -0.1) is 0 Å². The van der Waals surface area contributed by atoms with Crippen molar-refractivity contribution in [3.63, 3.8) is 0 Å². The van der Waals surface area contributed by atoms with Crippen LogP contribution in [0.2, 0.25) is 0 Å². The average molecular weight is 762 g/mol. The fourth-order valence-electron chi connectivity index (χ4n) is 3.57. The zero-order valence-corrected chi connectivity index (χ0v) is 25.0. The quantitative estimate of drug-likeness (QED) is 0.0676. The molecule has 2 atom stereocenters. The van der Waals surface area contributed by atoms with Crippen LogP contribution >= 0.6 is 15.2 Å². The normalized spacial score (nSPS) is 16.9. The van der Waals surface area contributed by atoms with Gasteiger partial charge >= 0.3 is 62.8 Å². The van der Waals surface area contributed by atoms with E-state index in [-0.39, 0.29) is 25.7 Å². The summed E-state index contributed by atoms with van der Waals surface area (Å²) in [5.74, 6) is -13.5. The SMILES string of the molecule is CCC(CCC(CC)CCC(F)(F)C(F)(F)OC(F)(F)C(F)(F)P(=O)(O)O)CCC(F)(F)C(F)(F)OC(F)(F)C(F)(F)P(=O)(O)O. The third-order valence-electron chi connectivity index (χ3n) is 6.67. The van der Waals surface area contributed by atoms with Crippen LogP contribution in [0, 0.1) is 11.8 Å². The van der Waals surface area contributed by atoms with E-state index >= 15 is 0 Å². The Morgan fingerprint density at radius 2 is 0.717 bits per heavy atom. The summed E-state index contributed by atoms with van der Waals surface area (Å²) in [7, 11) is -14.4. The maximum absolute atomic E-state index is 14.0. The Morgan fingerprint density at radius 1 is 0.478 bits per heavy atom. The highest BCUT2D eigenvalue weighted by Crippen LogP contribution is 2.63. The molecule has 0 amide bonds. The highest BCUT2D eigenvalue weighted by Gasteiger charge is 2.76. The fourth-order valence-corrected chi connectivity index (χ4v) is 4.34. The molecule has 0 saturated heterocycles. The monoisotopic (exact) mass is 762 g/mol. The second-order valence-corrected chi connectivity index (χ2v) is 13.4. The Hall–Kier alpha value is -0.900. The number of ether oxygens (including phenoxy) is 2. The van der Waals surface area contributed by atoms with Crippen molar-refractivity contribution in [1.29, 1.82) is 0 Å². The number of rotatable bonds is 21. The predicted octanol–water partition coefficient (Wildman–Crippen LogP) is 8.60. The molecule has 278 valence electrons. The van der Waals surface area contributed by atoms with Gasteiger partial charge < -0.3 is 19.6 Å². The van der Waals surface area contributed by atoms with Crippen molar-refractivity contribution in [2.75, 3.05) is 0 Å². The van der Waals surface area contributed by atoms with Gasteiger partial charge in [-0.2, -0.15) is 70.2 Å². The number of hydrogen-bond acceptors (Lipinski definition) is 4. The zero-order chi connectivity index (χ0) is 37.2. The van der Waals surface area contributed by atoms with Crippen molar-refractivity contribution in [2.45, 2.75) is 113 Å². The lowest BCUT2D eigenvalue weighted by Gasteiger charge is -2.33. The second-order valence-electron chi connectivity index (χ2n) is 10.1. The first-order valence-electron chi connectivity index (χ1n) is 12.5. The maximum Gasteiger partial charge on any atom is 0.436 e. The summed E-state index contributed by atoms with van der Waals surface area (Å²) >= 11 is 0. The highest BCUT2D eigenvalue weighted by molar-refractivity contribution is 7.53. The van der Waals surface area contributed by atoms with E-state index in [1.54, 1.807) is 0 Å². The van der Waals surface area contributed by atoms with Gasteiger partial charge in [0.15, 0.2) is 0 Å². The van der Waals surface area contributed by atoms with Crippen LogP contribution in [0.1, 0.15) is 65.2 Å². The molecule has 0 aliphatic rings. The molecule has 0 aliphatic heterocycles. The summed E-state index contributed by atoms with van der Waals surface area (Å²) in [6, 6.07) is 0. The Balaban J connectivity index is 5.45. The summed E-state index contributed by atoms with van der Waals surface area (Å²) in [5, 5.41) is 0. The Kier molecular flexibility index (Phi) is 14.2. The minimum Gasteiger partial charge on any atom is -0.320 e. The van der Waals surface area contributed by atoms with E-state index in [2.05, 4.69) is 9.47 Å². The van der Waals surface area contributed by atoms with E-state index in [9.17, 15) is 79.4 Å². The molecule has 2 unspecified atom stereocenters. The molecular weight excluding hydrogens is 734 g/mol. The van der Waals surface area contributed by atoms with E-state index in [0.717, 1.165) is 0 Å². The topological polar surface area (TPSA) is 134 Å². The van der Waals surface area contributed by atoms with Crippen molar-refractivity contribution < 1.29 is 108 Å². The molecular formula is C20H28F16O8P2. The number of alkyl halides is 16. The first-order chi connectivity index (χ1) is 20.0. The van der Waals surface area contributed by atoms with E-state index in [1.165, 1.54) is 13.8 Å². The molecule has 0 aromatic heterocycles. The molecule has 0 radical (unpaired) electrons. The third-order valence-corrected chi connectivity index (χ3v) is 8.65. The zero-order valence-electron chi connectivity index (χ0n) is 23.2. The van der Waals surface area contributed by atoms with Crippen molar-refractivity contribution in [1.82, 2.24) is 0 Å². The first-order valence-corrected chi connectivity index (χ1v) is 15.7. The van der Waals surface area contributed by atoms with Crippen LogP contribution < -0.4 is 0 Å². The highest BCUT2D eigenvalue weighted by atomic mass is 31.2. The van der Waals surface area contributed by atoms with Gasteiger partial charge in [-0.05, 0) is 24.7 Å². The van der Waals surface area contributed by atoms with E-state index in [1.807, 2.05) is 0 Å². The van der Waals surface area contributed by atoms with Crippen LogP contribution in [0.25, 0.3) is 0 Å². The Labute approximate surface area is 249 Å². The van der Waals surface area contributed by atoms with Gasteiger partial charge in [-0.3, -0.25) is 9.13 Å². The number of hydrogen-bond donors (Lipinski definition) is 4. The van der Waals surface area contributed by atoms with Crippen molar-refractivity contribution in [3.05, 3.63) is 0 Å². The standard InChI is InChI=1S/C20H28F16O8P2/c1-3-11(7-9-13(21,22)15(25,26)43-17(29,30)19(33,34)45(37,38)39)5-6-12(4-2)8-10-14(23,24)16(27,28)44-18(31,32)20(35,36)46(40,41)42/h11-12H,3-10H2,1-2H3,(H2,37,38,39)(H2,40,41,42). The molecule has 0 heterocycles. The van der Waals surface area contributed by atoms with Gasteiger partial charge in [0.2, 0.25) is 0 Å². The van der Waals surface area contributed by atoms with Gasteiger partial charge in [0.1, 0.15) is 0 Å². The minimum atomic E-state index is -7.21. The second kappa shape index (κ2) is 14.5. The predicted molar refractivity (Wildman–Crippen MR) is 121 cm³/mol. The van der Waals surface area contributed by atoms with Gasteiger partial charge in [-0.25, -0.2) is 9.47 Å². The molecule has 0 saturated carbocycles. The lowest BCUT2D eigenvalue weighted by atomic mass is 9.86. The molecule has 8 nitrogen and oxygen atoms in total. The largest absolute Gasteiger partial charge is 0.436 e. The third kappa shape index (κ3) is 10.3. The minimum absolute atomic E-state index is 0.170. The molecule has 0 aromatic rings. The van der Waals surface area contributed by atoms with Crippen molar-refractivity contribution >= 4 is 15.2 Å². The van der Waals surface area contributed by atoms with E-state index in [4.69, 9.17) is 19.6 Å². The summed E-state index contributed by atoms with van der Waals surface area (Å²) < 4.78 is 243. The van der Waals surface area contributed by atoms with Crippen molar-refractivity contribution in [2.24, 2.45) is 11.8 Å². The maximum atomic E-state index is 14.0. The summed E-state index contributed by atoms with van der Waals surface area (Å²) in [6.45, 7) is 2.51. The molecule has 0 spiro atoms. The Morgan fingerprint density at radius 3 is 0.913 bits per heavy atom. The van der Waals surface area contributed by atoms with Gasteiger partial charge in [0, 0.05) is 12.8 Å². The van der Waals surface area contributed by atoms with Crippen molar-refractivity contribution in [3.8, 4) is 0 Å². The first kappa shape index (κ1) is 45.1. The van der Waals surface area contributed by atoms with E-state index < -0.39 is 100 Å². The van der Waals surface area contributed by atoms with Crippen LogP contribution in [0.5, 0.6) is 0 Å². The molecule has 0 rings (SSSR count). The Bertz CT molecular complexity index is 1010. The van der Waals surface area contributed by atoms with E-state index in [0.29, 0.717) is 0 Å². The smallest absolute Gasteiger partial charge is 0.320 e. The van der Waals surface area contributed by atoms with Crippen LogP contribution in [0.4, 0.5) is 70.2 Å². The lowest BCUT2D eigenvalue weighted by molar-refractivity contribution is -0.458. The fraction of sp³-hybridized carbons (Fsp3) is 1.00.